The summed E-state index contributed by atoms with van der Waals surface area (Å²) in [5.74, 6) is 3.39. The van der Waals surface area contributed by atoms with Crippen LogP contribution in [0, 0.1) is 12.3 Å². The van der Waals surface area contributed by atoms with Crippen molar-refractivity contribution in [1.29, 1.82) is 0 Å². The molecule has 22 heavy (non-hydrogen) atoms. The van der Waals surface area contributed by atoms with Crippen LogP contribution in [0.5, 0.6) is 0 Å². The summed E-state index contributed by atoms with van der Waals surface area (Å²) in [5, 5.41) is 0.205. The highest BCUT2D eigenvalue weighted by molar-refractivity contribution is 6.74. The van der Waals surface area contributed by atoms with Gasteiger partial charge in [-0.2, -0.15) is 0 Å². The summed E-state index contributed by atoms with van der Waals surface area (Å²) in [4.78, 5) is 2.27. The van der Waals surface area contributed by atoms with E-state index in [1.165, 1.54) is 0 Å². The molecule has 0 aliphatic carbocycles. The fraction of sp³-hybridized carbons (Fsp3) is 0.667. The minimum atomic E-state index is -1.78. The number of hydrogen-bond acceptors (Lipinski definition) is 3. The van der Waals surface area contributed by atoms with E-state index in [4.69, 9.17) is 15.6 Å². The number of terminal acetylenes is 1. The second kappa shape index (κ2) is 7.04. The number of likely N-dealkylation sites (tertiary alicyclic amines) is 1. The van der Waals surface area contributed by atoms with Crippen LogP contribution in [0.2, 0.25) is 18.1 Å². The molecule has 1 heterocycles. The van der Waals surface area contributed by atoms with Crippen LogP contribution in [0.1, 0.15) is 27.2 Å². The lowest BCUT2D eigenvalue weighted by molar-refractivity contribution is 0.181. The first-order chi connectivity index (χ1) is 10.0. The average molecular weight is 322 g/mol. The number of methoxy groups -OCH3 is 1. The minimum absolute atomic E-state index is 0.143. The van der Waals surface area contributed by atoms with Crippen molar-refractivity contribution in [2.24, 2.45) is 0 Å². The van der Waals surface area contributed by atoms with E-state index in [2.05, 4.69) is 57.8 Å². The Bertz CT molecular complexity index is 470. The van der Waals surface area contributed by atoms with Crippen LogP contribution < -0.4 is 0 Å². The van der Waals surface area contributed by atoms with Gasteiger partial charge in [-0.3, -0.25) is 4.90 Å². The molecule has 0 saturated carbocycles. The molecule has 0 spiro atoms. The maximum absolute atomic E-state index is 6.55. The standard InChI is InChI=1S/C18H31NO2Si/c1-10-14(2)12-19-13-16(11-17(19)15(3)20-7)21-22(8,9)18(4,5)6/h1,16-17H,2-3,11-13H2,4-9H3/t16-,17+/m1/s1. The van der Waals surface area contributed by atoms with Crippen LogP contribution in [-0.2, 0) is 9.16 Å². The molecule has 0 radical (unpaired) electrons. The van der Waals surface area contributed by atoms with Crippen molar-refractivity contribution in [2.45, 2.75) is 57.5 Å². The van der Waals surface area contributed by atoms with Gasteiger partial charge in [0.2, 0.25) is 0 Å². The van der Waals surface area contributed by atoms with E-state index in [0.29, 0.717) is 6.54 Å². The lowest BCUT2D eigenvalue weighted by atomic mass is 10.1. The lowest BCUT2D eigenvalue weighted by Gasteiger charge is -2.38. The van der Waals surface area contributed by atoms with Crippen molar-refractivity contribution < 1.29 is 9.16 Å². The molecule has 3 nitrogen and oxygen atoms in total. The normalized spacial score (nSPS) is 23.1. The van der Waals surface area contributed by atoms with Gasteiger partial charge in [0.1, 0.15) is 5.76 Å². The second-order valence-electron chi connectivity index (χ2n) is 7.60. The van der Waals surface area contributed by atoms with E-state index in [9.17, 15) is 0 Å². The molecule has 1 fully saturated rings. The van der Waals surface area contributed by atoms with E-state index in [1.807, 2.05) is 0 Å². The predicted molar refractivity (Wildman–Crippen MR) is 96.2 cm³/mol. The molecular formula is C18H31NO2Si. The summed E-state index contributed by atoms with van der Waals surface area (Å²) in [6.07, 6.45) is 6.54. The van der Waals surface area contributed by atoms with Gasteiger partial charge in [0.05, 0.1) is 19.3 Å². The molecule has 0 N–H and O–H groups in total. The molecule has 124 valence electrons. The molecule has 0 bridgehead atoms. The molecule has 0 aromatic rings. The van der Waals surface area contributed by atoms with Crippen molar-refractivity contribution in [3.63, 3.8) is 0 Å². The molecule has 1 saturated heterocycles. The predicted octanol–water partition coefficient (Wildman–Crippen LogP) is 3.80. The number of nitrogens with zero attached hydrogens (tertiary/aromatic N) is 1. The molecule has 4 heteroatoms. The summed E-state index contributed by atoms with van der Waals surface area (Å²) in [6, 6.07) is 0.143. The summed E-state index contributed by atoms with van der Waals surface area (Å²) in [7, 11) is -0.117. The average Bonchev–Trinajstić information content (AvgIpc) is 2.78. The van der Waals surface area contributed by atoms with Gasteiger partial charge in [-0.1, -0.05) is 39.8 Å². The van der Waals surface area contributed by atoms with Crippen LogP contribution in [0.15, 0.2) is 24.5 Å². The van der Waals surface area contributed by atoms with E-state index in [-0.39, 0.29) is 17.2 Å². The van der Waals surface area contributed by atoms with Crippen LogP contribution in [0.25, 0.3) is 0 Å². The summed E-state index contributed by atoms with van der Waals surface area (Å²) < 4.78 is 11.9. The zero-order valence-electron chi connectivity index (χ0n) is 15.0. The van der Waals surface area contributed by atoms with Gasteiger partial charge in [-0.25, -0.2) is 0 Å². The maximum Gasteiger partial charge on any atom is 0.192 e. The van der Waals surface area contributed by atoms with Crippen LogP contribution in [0.4, 0.5) is 0 Å². The van der Waals surface area contributed by atoms with Crippen molar-refractivity contribution in [2.75, 3.05) is 20.2 Å². The van der Waals surface area contributed by atoms with Crippen molar-refractivity contribution >= 4 is 8.32 Å². The highest BCUT2D eigenvalue weighted by Gasteiger charge is 2.43. The first kappa shape index (κ1) is 19.0. The number of hydrogen-bond donors (Lipinski definition) is 0. The van der Waals surface area contributed by atoms with Gasteiger partial charge >= 0.3 is 0 Å². The molecule has 0 amide bonds. The molecule has 0 unspecified atom stereocenters. The third-order valence-electron chi connectivity index (χ3n) is 4.86. The number of ether oxygens (including phenoxy) is 1. The van der Waals surface area contributed by atoms with E-state index in [1.54, 1.807) is 7.11 Å². The molecule has 2 atom stereocenters. The van der Waals surface area contributed by atoms with Gasteiger partial charge in [-0.05, 0) is 24.6 Å². The number of rotatable bonds is 6. The first-order valence-electron chi connectivity index (χ1n) is 7.81. The summed E-state index contributed by atoms with van der Waals surface area (Å²) >= 11 is 0. The zero-order valence-corrected chi connectivity index (χ0v) is 16.0. The summed E-state index contributed by atoms with van der Waals surface area (Å²) in [6.45, 7) is 20.8. The molecular weight excluding hydrogens is 290 g/mol. The van der Waals surface area contributed by atoms with Crippen LogP contribution >= 0.6 is 0 Å². The topological polar surface area (TPSA) is 21.7 Å². The smallest absolute Gasteiger partial charge is 0.192 e. The SMILES string of the molecule is C#CC(=C)CN1C[C@H](O[Si](C)(C)C(C)(C)C)C[C@H]1C(=C)OC. The zero-order chi connectivity index (χ0) is 17.1. The monoisotopic (exact) mass is 321 g/mol. The lowest BCUT2D eigenvalue weighted by Crippen LogP contribution is -2.44. The highest BCUT2D eigenvalue weighted by atomic mass is 28.4. The van der Waals surface area contributed by atoms with E-state index in [0.717, 1.165) is 24.3 Å². The fourth-order valence-corrected chi connectivity index (χ4v) is 3.83. The Kier molecular flexibility index (Phi) is 6.08. The van der Waals surface area contributed by atoms with Gasteiger partial charge in [-0.15, -0.1) is 6.42 Å². The summed E-state index contributed by atoms with van der Waals surface area (Å²) in [5.41, 5.74) is 0.780. The van der Waals surface area contributed by atoms with Crippen molar-refractivity contribution in [3.05, 3.63) is 24.5 Å². The molecule has 1 rings (SSSR count). The van der Waals surface area contributed by atoms with E-state index >= 15 is 0 Å². The maximum atomic E-state index is 6.55. The Balaban J connectivity index is 2.83. The van der Waals surface area contributed by atoms with Crippen molar-refractivity contribution in [1.82, 2.24) is 4.90 Å². The van der Waals surface area contributed by atoms with Gasteiger partial charge < -0.3 is 9.16 Å². The third kappa shape index (κ3) is 4.49. The Hall–Kier alpha value is -1.02. The Labute approximate surface area is 137 Å². The highest BCUT2D eigenvalue weighted by Crippen LogP contribution is 2.39. The first-order valence-corrected chi connectivity index (χ1v) is 10.7. The minimum Gasteiger partial charge on any atom is -0.500 e. The van der Waals surface area contributed by atoms with Crippen LogP contribution in [0.3, 0.4) is 0 Å². The van der Waals surface area contributed by atoms with Crippen LogP contribution in [-0.4, -0.2) is 45.6 Å². The van der Waals surface area contributed by atoms with Crippen molar-refractivity contribution in [3.8, 4) is 12.3 Å². The Morgan fingerprint density at radius 3 is 2.41 bits per heavy atom. The third-order valence-corrected chi connectivity index (χ3v) is 9.40. The Morgan fingerprint density at radius 2 is 1.95 bits per heavy atom. The largest absolute Gasteiger partial charge is 0.500 e. The molecule has 0 aromatic heterocycles. The van der Waals surface area contributed by atoms with E-state index < -0.39 is 8.32 Å². The Morgan fingerprint density at radius 1 is 1.36 bits per heavy atom. The molecule has 1 aliphatic heterocycles. The molecule has 0 aromatic carbocycles. The van der Waals surface area contributed by atoms with Gasteiger partial charge in [0.25, 0.3) is 0 Å². The quantitative estimate of drug-likeness (QED) is 0.422. The van der Waals surface area contributed by atoms with Gasteiger partial charge in [0, 0.05) is 18.7 Å². The van der Waals surface area contributed by atoms with Gasteiger partial charge in [0.15, 0.2) is 8.32 Å². The fourth-order valence-electron chi connectivity index (χ4n) is 2.48. The molecule has 1 aliphatic rings. The second-order valence-corrected chi connectivity index (χ2v) is 12.4.